The highest BCUT2D eigenvalue weighted by atomic mass is 35.5. The van der Waals surface area contributed by atoms with Gasteiger partial charge in [0.2, 0.25) is 11.8 Å². The highest BCUT2D eigenvalue weighted by Crippen LogP contribution is 2.29. The zero-order valence-electron chi connectivity index (χ0n) is 16.3. The minimum atomic E-state index is -0.218. The first-order valence-electron chi connectivity index (χ1n) is 9.45. The summed E-state index contributed by atoms with van der Waals surface area (Å²) in [6.07, 6.45) is 6.36. The zero-order chi connectivity index (χ0) is 20.9. The summed E-state index contributed by atoms with van der Waals surface area (Å²) in [6, 6.07) is 21.2. The number of anilines is 1. The molecule has 0 atom stereocenters. The number of halogens is 1. The summed E-state index contributed by atoms with van der Waals surface area (Å²) >= 11 is 6.11. The molecule has 148 valence electrons. The van der Waals surface area contributed by atoms with Gasteiger partial charge in [0.05, 0.1) is 6.20 Å². The van der Waals surface area contributed by atoms with Crippen molar-refractivity contribution in [2.24, 2.45) is 0 Å². The highest BCUT2D eigenvalue weighted by Gasteiger charge is 2.08. The molecule has 30 heavy (non-hydrogen) atoms. The molecule has 0 aliphatic rings. The van der Waals surface area contributed by atoms with Gasteiger partial charge in [-0.05, 0) is 65.6 Å². The lowest BCUT2D eigenvalue weighted by Gasteiger charge is -2.09. The van der Waals surface area contributed by atoms with Gasteiger partial charge < -0.3 is 9.73 Å². The van der Waals surface area contributed by atoms with Crippen molar-refractivity contribution < 1.29 is 9.21 Å². The van der Waals surface area contributed by atoms with E-state index >= 15 is 0 Å². The summed E-state index contributed by atoms with van der Waals surface area (Å²) in [5.41, 5.74) is 5.71. The van der Waals surface area contributed by atoms with Gasteiger partial charge in [0.1, 0.15) is 6.26 Å². The standard InChI is InChI=1S/C25H19ClN2O2/c1-17-6-7-20(25-27-14-15-30-25)16-22(17)18-8-11-21(12-9-18)28-24(29)13-10-19-4-2-3-5-23(19)26/h2-16H,1H3,(H,28,29). The first-order chi connectivity index (χ1) is 14.6. The molecule has 0 unspecified atom stereocenters. The Balaban J connectivity index is 1.49. The van der Waals surface area contributed by atoms with Gasteiger partial charge in [-0.25, -0.2) is 4.98 Å². The second kappa shape index (κ2) is 8.80. The second-order valence-corrected chi connectivity index (χ2v) is 7.20. The Morgan fingerprint density at radius 3 is 2.53 bits per heavy atom. The number of nitrogens with zero attached hydrogens (tertiary/aromatic N) is 1. The van der Waals surface area contributed by atoms with Crippen LogP contribution in [0.1, 0.15) is 11.1 Å². The first-order valence-corrected chi connectivity index (χ1v) is 9.82. The van der Waals surface area contributed by atoms with Crippen LogP contribution in [0.5, 0.6) is 0 Å². The van der Waals surface area contributed by atoms with E-state index in [0.29, 0.717) is 16.6 Å². The van der Waals surface area contributed by atoms with Crippen LogP contribution in [0.25, 0.3) is 28.7 Å². The molecular weight excluding hydrogens is 396 g/mol. The van der Waals surface area contributed by atoms with Gasteiger partial charge in [-0.3, -0.25) is 4.79 Å². The molecule has 1 aromatic heterocycles. The number of carbonyl (C=O) groups excluding carboxylic acids is 1. The van der Waals surface area contributed by atoms with Crippen molar-refractivity contribution in [3.05, 3.63) is 101 Å². The van der Waals surface area contributed by atoms with Crippen molar-refractivity contribution in [1.29, 1.82) is 0 Å². The van der Waals surface area contributed by atoms with Gasteiger partial charge in [0.15, 0.2) is 0 Å². The number of hydrogen-bond donors (Lipinski definition) is 1. The van der Waals surface area contributed by atoms with Crippen molar-refractivity contribution in [2.45, 2.75) is 6.92 Å². The van der Waals surface area contributed by atoms with E-state index in [1.807, 2.05) is 54.6 Å². The lowest BCUT2D eigenvalue weighted by molar-refractivity contribution is -0.111. The van der Waals surface area contributed by atoms with Crippen molar-refractivity contribution in [3.8, 4) is 22.6 Å². The molecule has 0 saturated carbocycles. The Kier molecular flexibility index (Phi) is 5.77. The lowest BCUT2D eigenvalue weighted by Crippen LogP contribution is -2.07. The monoisotopic (exact) mass is 414 g/mol. The molecule has 1 N–H and O–H groups in total. The molecule has 4 rings (SSSR count). The fourth-order valence-corrected chi connectivity index (χ4v) is 3.32. The lowest BCUT2D eigenvalue weighted by atomic mass is 9.98. The molecule has 4 nitrogen and oxygen atoms in total. The van der Waals surface area contributed by atoms with E-state index in [1.54, 1.807) is 24.6 Å². The van der Waals surface area contributed by atoms with Gasteiger partial charge in [-0.15, -0.1) is 0 Å². The molecule has 4 aromatic rings. The van der Waals surface area contributed by atoms with E-state index in [-0.39, 0.29) is 5.91 Å². The average molecular weight is 415 g/mol. The van der Waals surface area contributed by atoms with Crippen LogP contribution in [0.4, 0.5) is 5.69 Å². The molecule has 0 aliphatic carbocycles. The van der Waals surface area contributed by atoms with Crippen molar-refractivity contribution in [1.82, 2.24) is 4.98 Å². The molecule has 0 aliphatic heterocycles. The number of oxazole rings is 1. The highest BCUT2D eigenvalue weighted by molar-refractivity contribution is 6.32. The van der Waals surface area contributed by atoms with E-state index in [0.717, 1.165) is 27.8 Å². The van der Waals surface area contributed by atoms with E-state index in [9.17, 15) is 4.79 Å². The Morgan fingerprint density at radius 2 is 1.80 bits per heavy atom. The van der Waals surface area contributed by atoms with Crippen molar-refractivity contribution in [2.75, 3.05) is 5.32 Å². The SMILES string of the molecule is Cc1ccc(-c2ncco2)cc1-c1ccc(NC(=O)C=Cc2ccccc2Cl)cc1. The van der Waals surface area contributed by atoms with Crippen LogP contribution < -0.4 is 5.32 Å². The van der Waals surface area contributed by atoms with Gasteiger partial charge in [0.25, 0.3) is 0 Å². The third-order valence-corrected chi connectivity index (χ3v) is 5.04. The molecule has 0 saturated heterocycles. The molecular formula is C25H19ClN2O2. The molecule has 0 spiro atoms. The van der Waals surface area contributed by atoms with E-state index in [4.69, 9.17) is 16.0 Å². The van der Waals surface area contributed by atoms with E-state index in [2.05, 4.69) is 23.3 Å². The molecule has 0 radical (unpaired) electrons. The summed E-state index contributed by atoms with van der Waals surface area (Å²) in [4.78, 5) is 16.4. The summed E-state index contributed by atoms with van der Waals surface area (Å²) < 4.78 is 5.40. The molecule has 1 amide bonds. The number of rotatable bonds is 5. The summed E-state index contributed by atoms with van der Waals surface area (Å²) in [5, 5.41) is 3.47. The Bertz CT molecular complexity index is 1200. The normalized spacial score (nSPS) is 11.0. The maximum Gasteiger partial charge on any atom is 0.248 e. The van der Waals surface area contributed by atoms with Crippen LogP contribution in [-0.4, -0.2) is 10.9 Å². The number of hydrogen-bond acceptors (Lipinski definition) is 3. The predicted molar refractivity (Wildman–Crippen MR) is 121 cm³/mol. The number of benzene rings is 3. The average Bonchev–Trinajstić information content (AvgIpc) is 3.29. The number of aryl methyl sites for hydroxylation is 1. The zero-order valence-corrected chi connectivity index (χ0v) is 17.1. The molecule has 3 aromatic carbocycles. The predicted octanol–water partition coefficient (Wildman–Crippen LogP) is 6.62. The smallest absolute Gasteiger partial charge is 0.248 e. The molecule has 5 heteroatoms. The van der Waals surface area contributed by atoms with Crippen LogP contribution in [0.2, 0.25) is 5.02 Å². The first kappa shape index (κ1) is 19.7. The number of carbonyl (C=O) groups is 1. The molecule has 1 heterocycles. The van der Waals surface area contributed by atoms with Crippen LogP contribution in [0.3, 0.4) is 0 Å². The van der Waals surface area contributed by atoms with E-state index < -0.39 is 0 Å². The second-order valence-electron chi connectivity index (χ2n) is 6.79. The quantitative estimate of drug-likeness (QED) is 0.373. The number of aromatic nitrogens is 1. The third-order valence-electron chi connectivity index (χ3n) is 4.70. The van der Waals surface area contributed by atoms with Gasteiger partial charge in [-0.1, -0.05) is 48.0 Å². The Hall–Kier alpha value is -3.63. The van der Waals surface area contributed by atoms with Crippen molar-refractivity contribution >= 4 is 29.3 Å². The maximum atomic E-state index is 12.2. The summed E-state index contributed by atoms with van der Waals surface area (Å²) in [7, 11) is 0. The fourth-order valence-electron chi connectivity index (χ4n) is 3.12. The molecule has 0 fully saturated rings. The largest absolute Gasteiger partial charge is 0.445 e. The maximum absolute atomic E-state index is 12.2. The minimum Gasteiger partial charge on any atom is -0.445 e. The Morgan fingerprint density at radius 1 is 1.03 bits per heavy atom. The Labute approximate surface area is 179 Å². The van der Waals surface area contributed by atoms with Crippen molar-refractivity contribution in [3.63, 3.8) is 0 Å². The number of nitrogens with one attached hydrogen (secondary N) is 1. The minimum absolute atomic E-state index is 0.218. The van der Waals surface area contributed by atoms with Crippen LogP contribution >= 0.6 is 11.6 Å². The van der Waals surface area contributed by atoms with E-state index in [1.165, 1.54) is 6.08 Å². The van der Waals surface area contributed by atoms with Gasteiger partial charge in [-0.2, -0.15) is 0 Å². The summed E-state index contributed by atoms with van der Waals surface area (Å²) in [5.74, 6) is 0.371. The van der Waals surface area contributed by atoms with Crippen LogP contribution in [0.15, 0.2) is 89.7 Å². The number of amides is 1. The van der Waals surface area contributed by atoms with Crippen LogP contribution in [-0.2, 0) is 4.79 Å². The fraction of sp³-hybridized carbons (Fsp3) is 0.0400. The van der Waals surface area contributed by atoms with Crippen LogP contribution in [0, 0.1) is 6.92 Å². The third kappa shape index (κ3) is 4.50. The van der Waals surface area contributed by atoms with Gasteiger partial charge >= 0.3 is 0 Å². The topological polar surface area (TPSA) is 55.1 Å². The van der Waals surface area contributed by atoms with Gasteiger partial charge in [0, 0.05) is 22.3 Å². The summed E-state index contributed by atoms with van der Waals surface area (Å²) in [6.45, 7) is 2.06. The molecule has 0 bridgehead atoms.